The largest absolute Gasteiger partial charge is 0.372 e. The number of pyridine rings is 1. The zero-order valence-electron chi connectivity index (χ0n) is 16.5. The Bertz CT molecular complexity index is 830. The lowest BCUT2D eigenvalue weighted by molar-refractivity contribution is -0.121. The summed E-state index contributed by atoms with van der Waals surface area (Å²) in [6.07, 6.45) is -0.345. The van der Waals surface area contributed by atoms with E-state index in [9.17, 15) is 18.0 Å². The Morgan fingerprint density at radius 3 is 2.73 bits per heavy atom. The second-order valence-corrected chi connectivity index (χ2v) is 7.72. The smallest absolute Gasteiger partial charge is 0.267 e. The molecule has 3 atom stereocenters. The molecule has 0 aromatic carbocycles. The van der Waals surface area contributed by atoms with E-state index in [-0.39, 0.29) is 23.5 Å². The van der Waals surface area contributed by atoms with Gasteiger partial charge in [-0.3, -0.25) is 9.78 Å². The maximum Gasteiger partial charge on any atom is 0.267 e. The quantitative estimate of drug-likeness (QED) is 0.541. The van der Waals surface area contributed by atoms with Crippen LogP contribution in [-0.2, 0) is 4.79 Å². The first kappa shape index (κ1) is 20.8. The van der Waals surface area contributed by atoms with Gasteiger partial charge in [-0.05, 0) is 7.05 Å². The molecule has 3 aliphatic rings. The number of alkyl halides is 2. The van der Waals surface area contributed by atoms with Gasteiger partial charge < -0.3 is 26.2 Å². The summed E-state index contributed by atoms with van der Waals surface area (Å²) in [5, 5.41) is 7.08. The third kappa shape index (κ3) is 3.95. The number of likely N-dealkylation sites (N-methyl/N-ethyl adjacent to an activating group) is 1. The number of aromatic nitrogens is 1. The number of halogens is 3. The second-order valence-electron chi connectivity index (χ2n) is 7.72. The van der Waals surface area contributed by atoms with Crippen molar-refractivity contribution in [3.63, 3.8) is 0 Å². The maximum atomic E-state index is 13.7. The number of rotatable bonds is 4. The van der Waals surface area contributed by atoms with Crippen LogP contribution in [0.5, 0.6) is 0 Å². The molecular weight excluding hydrogens is 401 g/mol. The molecule has 2 saturated heterocycles. The Labute approximate surface area is 172 Å². The predicted molar refractivity (Wildman–Crippen MR) is 105 cm³/mol. The molecule has 164 valence electrons. The van der Waals surface area contributed by atoms with E-state index in [0.29, 0.717) is 26.2 Å². The Kier molecular flexibility index (Phi) is 5.82. The van der Waals surface area contributed by atoms with Crippen LogP contribution in [0.3, 0.4) is 0 Å². The van der Waals surface area contributed by atoms with Crippen LogP contribution in [0.2, 0.25) is 0 Å². The summed E-state index contributed by atoms with van der Waals surface area (Å²) in [6, 6.07) is 0. The number of piperazine rings is 1. The number of nitrogens with zero attached hydrogens (tertiary/aromatic N) is 4. The van der Waals surface area contributed by atoms with E-state index < -0.39 is 36.4 Å². The number of nitrogens with two attached hydrogens (primary N) is 1. The average molecular weight is 426 g/mol. The van der Waals surface area contributed by atoms with Crippen molar-refractivity contribution in [2.45, 2.75) is 18.8 Å². The first-order chi connectivity index (χ1) is 14.3. The van der Waals surface area contributed by atoms with Gasteiger partial charge in [-0.1, -0.05) is 0 Å². The third-order valence-corrected chi connectivity index (χ3v) is 5.67. The zero-order valence-corrected chi connectivity index (χ0v) is 16.5. The highest BCUT2D eigenvalue weighted by Crippen LogP contribution is 2.36. The number of anilines is 2. The van der Waals surface area contributed by atoms with Gasteiger partial charge in [0.2, 0.25) is 5.91 Å². The zero-order chi connectivity index (χ0) is 21.4. The van der Waals surface area contributed by atoms with Crippen LogP contribution in [0.1, 0.15) is 12.0 Å². The maximum absolute atomic E-state index is 13.7. The summed E-state index contributed by atoms with van der Waals surface area (Å²) in [5.74, 6) is -1.63. The highest BCUT2D eigenvalue weighted by Gasteiger charge is 2.46. The van der Waals surface area contributed by atoms with E-state index in [4.69, 9.17) is 5.73 Å². The monoisotopic (exact) mass is 426 g/mol. The van der Waals surface area contributed by atoms with Crippen LogP contribution in [0, 0.1) is 5.92 Å². The van der Waals surface area contributed by atoms with Crippen molar-refractivity contribution in [1.29, 1.82) is 0 Å². The van der Waals surface area contributed by atoms with E-state index in [1.54, 1.807) is 0 Å². The fourth-order valence-electron chi connectivity index (χ4n) is 4.09. The standard InChI is InChI=1S/C18H25F3N8O/c1-27-2-4-28(5-3-27)14-11(15(20)21)7-23-8-12(14)25-18(30)13-16(22)26-29-9-10(19)6-24-17(13)29/h6-8,13,15-17,24,26H,2-5,9,22H2,1H3,(H,25,30). The van der Waals surface area contributed by atoms with E-state index in [0.717, 1.165) is 6.20 Å². The number of carbonyl (C=O) groups is 1. The summed E-state index contributed by atoms with van der Waals surface area (Å²) in [6.45, 7) is 2.51. The van der Waals surface area contributed by atoms with E-state index in [1.807, 2.05) is 11.9 Å². The molecule has 30 heavy (non-hydrogen) atoms. The molecular formula is C18H25F3N8O. The van der Waals surface area contributed by atoms with Crippen LogP contribution < -0.4 is 26.7 Å². The van der Waals surface area contributed by atoms with Gasteiger partial charge in [0.05, 0.1) is 35.8 Å². The molecule has 12 heteroatoms. The van der Waals surface area contributed by atoms with E-state index >= 15 is 0 Å². The van der Waals surface area contributed by atoms with E-state index in [1.165, 1.54) is 17.4 Å². The topological polar surface area (TPSA) is 102 Å². The highest BCUT2D eigenvalue weighted by atomic mass is 19.3. The number of hydrogen-bond donors (Lipinski definition) is 4. The summed E-state index contributed by atoms with van der Waals surface area (Å²) >= 11 is 0. The Morgan fingerprint density at radius 2 is 2.03 bits per heavy atom. The first-order valence-corrected chi connectivity index (χ1v) is 9.74. The predicted octanol–water partition coefficient (Wildman–Crippen LogP) is 0.171. The van der Waals surface area contributed by atoms with Crippen molar-refractivity contribution in [3.05, 3.63) is 30.0 Å². The summed E-state index contributed by atoms with van der Waals surface area (Å²) in [7, 11) is 1.97. The fraction of sp³-hybridized carbons (Fsp3) is 0.556. The van der Waals surface area contributed by atoms with Gasteiger partial charge in [-0.2, -0.15) is 0 Å². The normalized spacial score (nSPS) is 27.6. The van der Waals surface area contributed by atoms with Crippen molar-refractivity contribution in [2.75, 3.05) is 50.0 Å². The molecule has 0 spiro atoms. The van der Waals surface area contributed by atoms with Crippen molar-refractivity contribution in [1.82, 2.24) is 25.6 Å². The minimum atomic E-state index is -2.73. The van der Waals surface area contributed by atoms with Crippen molar-refractivity contribution < 1.29 is 18.0 Å². The van der Waals surface area contributed by atoms with Crippen molar-refractivity contribution in [2.24, 2.45) is 11.7 Å². The Morgan fingerprint density at radius 1 is 1.30 bits per heavy atom. The molecule has 1 amide bonds. The van der Waals surface area contributed by atoms with Gasteiger partial charge in [-0.25, -0.2) is 23.6 Å². The number of hydrazine groups is 1. The number of amides is 1. The minimum Gasteiger partial charge on any atom is -0.372 e. The third-order valence-electron chi connectivity index (χ3n) is 5.67. The van der Waals surface area contributed by atoms with Gasteiger partial charge in [0.15, 0.2) is 0 Å². The molecule has 0 radical (unpaired) electrons. The molecule has 5 N–H and O–H groups in total. The SMILES string of the molecule is CN1CCN(c2c(NC(=O)C3C(N)NN4CC(F)=CNC34)cncc2C(F)F)CC1. The highest BCUT2D eigenvalue weighted by molar-refractivity contribution is 5.97. The van der Waals surface area contributed by atoms with Crippen molar-refractivity contribution >= 4 is 17.3 Å². The second kappa shape index (κ2) is 8.38. The summed E-state index contributed by atoms with van der Waals surface area (Å²) in [4.78, 5) is 20.9. The van der Waals surface area contributed by atoms with E-state index in [2.05, 4.69) is 25.9 Å². The minimum absolute atomic E-state index is 0.0237. The molecule has 0 saturated carbocycles. The molecule has 9 nitrogen and oxygen atoms in total. The van der Waals surface area contributed by atoms with Crippen LogP contribution in [0.15, 0.2) is 24.4 Å². The number of nitrogens with one attached hydrogen (secondary N) is 3. The van der Waals surface area contributed by atoms with Crippen LogP contribution >= 0.6 is 0 Å². The summed E-state index contributed by atoms with van der Waals surface area (Å²) in [5.41, 5.74) is 9.20. The molecule has 1 aromatic rings. The van der Waals surface area contributed by atoms with Gasteiger partial charge in [-0.15, -0.1) is 0 Å². The van der Waals surface area contributed by atoms with Gasteiger partial charge in [0.1, 0.15) is 17.9 Å². The lowest BCUT2D eigenvalue weighted by Gasteiger charge is -2.36. The molecule has 4 rings (SSSR count). The Hall–Kier alpha value is -2.41. The van der Waals surface area contributed by atoms with Gasteiger partial charge in [0, 0.05) is 38.6 Å². The average Bonchev–Trinajstić information content (AvgIpc) is 3.03. The Balaban J connectivity index is 1.59. The fourth-order valence-corrected chi connectivity index (χ4v) is 4.09. The number of carbonyl (C=O) groups excluding carboxylic acids is 1. The van der Waals surface area contributed by atoms with Crippen molar-refractivity contribution in [3.8, 4) is 0 Å². The lowest BCUT2D eigenvalue weighted by Crippen LogP contribution is -2.51. The van der Waals surface area contributed by atoms with Crippen LogP contribution in [-0.4, -0.2) is 72.9 Å². The van der Waals surface area contributed by atoms with Gasteiger partial charge in [0.25, 0.3) is 6.43 Å². The molecule has 0 bridgehead atoms. The van der Waals surface area contributed by atoms with Crippen LogP contribution in [0.4, 0.5) is 24.5 Å². The molecule has 3 aliphatic heterocycles. The first-order valence-electron chi connectivity index (χ1n) is 9.74. The van der Waals surface area contributed by atoms with Crippen LogP contribution in [0.25, 0.3) is 0 Å². The number of fused-ring (bicyclic) bond motifs is 1. The molecule has 2 fully saturated rings. The molecule has 4 heterocycles. The molecule has 3 unspecified atom stereocenters. The molecule has 1 aromatic heterocycles. The van der Waals surface area contributed by atoms with Gasteiger partial charge >= 0.3 is 0 Å². The number of hydrogen-bond acceptors (Lipinski definition) is 8. The summed E-state index contributed by atoms with van der Waals surface area (Å²) < 4.78 is 41.0. The molecule has 0 aliphatic carbocycles. The lowest BCUT2D eigenvalue weighted by atomic mass is 10.0.